The molecule has 2 nitrogen and oxygen atoms in total. The maximum atomic E-state index is 12.8. The fourth-order valence-electron chi connectivity index (χ4n) is 3.25. The van der Waals surface area contributed by atoms with Crippen molar-refractivity contribution in [1.82, 2.24) is 9.80 Å². The highest BCUT2D eigenvalue weighted by molar-refractivity contribution is 4.91. The van der Waals surface area contributed by atoms with Crippen molar-refractivity contribution in [3.05, 3.63) is 0 Å². The molecule has 2 heterocycles. The van der Waals surface area contributed by atoms with Gasteiger partial charge < -0.3 is 4.90 Å². The number of halogens is 2. The fraction of sp³-hybridized carbons (Fsp3) is 1.00. The van der Waals surface area contributed by atoms with Crippen molar-refractivity contribution in [1.29, 1.82) is 0 Å². The largest absolute Gasteiger partial charge is 0.301 e. The van der Waals surface area contributed by atoms with Gasteiger partial charge in [-0.3, -0.25) is 4.90 Å². The molecule has 0 saturated carbocycles. The van der Waals surface area contributed by atoms with Gasteiger partial charge in [-0.2, -0.15) is 0 Å². The van der Waals surface area contributed by atoms with Crippen molar-refractivity contribution >= 4 is 0 Å². The van der Waals surface area contributed by atoms with E-state index >= 15 is 0 Å². The summed E-state index contributed by atoms with van der Waals surface area (Å²) in [5, 5.41) is 0. The first-order chi connectivity index (χ1) is 8.37. The number of rotatable bonds is 4. The minimum Gasteiger partial charge on any atom is -0.301 e. The minimum atomic E-state index is -2.43. The second-order valence-electron chi connectivity index (χ2n) is 6.44. The summed E-state index contributed by atoms with van der Waals surface area (Å²) < 4.78 is 25.7. The Morgan fingerprint density at radius 3 is 2.39 bits per heavy atom. The summed E-state index contributed by atoms with van der Waals surface area (Å²) in [6.07, 6.45) is 3.59. The van der Waals surface area contributed by atoms with E-state index in [0.717, 1.165) is 13.0 Å². The smallest absolute Gasteiger partial charge is 0.272 e. The number of nitrogens with zero attached hydrogens (tertiary/aromatic N) is 2. The first kappa shape index (κ1) is 14.2. The summed E-state index contributed by atoms with van der Waals surface area (Å²) in [5.74, 6) is -1.74. The van der Waals surface area contributed by atoms with Crippen molar-refractivity contribution in [3.8, 4) is 0 Å². The number of piperidine rings is 1. The maximum absolute atomic E-state index is 12.8. The standard InChI is InChI=1S/C14H26F2N2/c1-11(2)17-6-4-5-13(8-17)7-12(3)18-9-14(15,16)10-18/h11-13H,4-10H2,1-3H3. The molecule has 2 aliphatic heterocycles. The number of hydrogen-bond donors (Lipinski definition) is 0. The van der Waals surface area contributed by atoms with Crippen molar-refractivity contribution < 1.29 is 8.78 Å². The molecule has 2 fully saturated rings. The van der Waals surface area contributed by atoms with E-state index in [2.05, 4.69) is 25.7 Å². The van der Waals surface area contributed by atoms with Crippen molar-refractivity contribution in [2.45, 2.75) is 58.0 Å². The lowest BCUT2D eigenvalue weighted by atomic mass is 9.89. The zero-order valence-electron chi connectivity index (χ0n) is 11.8. The van der Waals surface area contributed by atoms with Crippen molar-refractivity contribution in [2.75, 3.05) is 26.2 Å². The fourth-order valence-corrected chi connectivity index (χ4v) is 3.25. The van der Waals surface area contributed by atoms with Crippen LogP contribution in [0.25, 0.3) is 0 Å². The van der Waals surface area contributed by atoms with Crippen LogP contribution in [-0.4, -0.2) is 54.0 Å². The molecule has 0 aromatic carbocycles. The van der Waals surface area contributed by atoms with Crippen LogP contribution in [0.2, 0.25) is 0 Å². The molecule has 2 aliphatic rings. The van der Waals surface area contributed by atoms with Gasteiger partial charge in [0.05, 0.1) is 13.1 Å². The SMILES string of the molecule is CC(C)N1CCCC(CC(C)N2CC(F)(F)C2)C1. The van der Waals surface area contributed by atoms with Crippen LogP contribution < -0.4 is 0 Å². The highest BCUT2D eigenvalue weighted by atomic mass is 19.3. The van der Waals surface area contributed by atoms with Gasteiger partial charge in [0.15, 0.2) is 0 Å². The monoisotopic (exact) mass is 260 g/mol. The third kappa shape index (κ3) is 3.41. The highest BCUT2D eigenvalue weighted by Gasteiger charge is 2.45. The van der Waals surface area contributed by atoms with Gasteiger partial charge >= 0.3 is 0 Å². The molecule has 0 radical (unpaired) electrons. The lowest BCUT2D eigenvalue weighted by Crippen LogP contribution is -2.59. The lowest BCUT2D eigenvalue weighted by Gasteiger charge is -2.44. The second-order valence-corrected chi connectivity index (χ2v) is 6.44. The summed E-state index contributed by atoms with van der Waals surface area (Å²) in [6, 6.07) is 0.915. The third-order valence-electron chi connectivity index (χ3n) is 4.45. The Morgan fingerprint density at radius 2 is 1.83 bits per heavy atom. The quantitative estimate of drug-likeness (QED) is 0.767. The summed E-state index contributed by atoms with van der Waals surface area (Å²) in [5.41, 5.74) is 0. The molecule has 0 spiro atoms. The van der Waals surface area contributed by atoms with Gasteiger partial charge in [0.2, 0.25) is 0 Å². The van der Waals surface area contributed by atoms with Crippen LogP contribution in [0.4, 0.5) is 8.78 Å². The van der Waals surface area contributed by atoms with E-state index in [0.29, 0.717) is 18.0 Å². The predicted octanol–water partition coefficient (Wildman–Crippen LogP) is 2.84. The topological polar surface area (TPSA) is 6.48 Å². The summed E-state index contributed by atoms with van der Waals surface area (Å²) >= 11 is 0. The predicted molar refractivity (Wildman–Crippen MR) is 70.0 cm³/mol. The molecule has 0 amide bonds. The molecule has 2 atom stereocenters. The second kappa shape index (κ2) is 5.41. The van der Waals surface area contributed by atoms with Crippen LogP contribution in [-0.2, 0) is 0 Å². The first-order valence-corrected chi connectivity index (χ1v) is 7.23. The molecule has 0 bridgehead atoms. The third-order valence-corrected chi connectivity index (χ3v) is 4.45. The zero-order valence-corrected chi connectivity index (χ0v) is 11.8. The van der Waals surface area contributed by atoms with E-state index in [1.165, 1.54) is 19.4 Å². The molecule has 18 heavy (non-hydrogen) atoms. The van der Waals surface area contributed by atoms with Gasteiger partial charge in [0, 0.05) is 18.6 Å². The molecule has 0 aromatic rings. The summed E-state index contributed by atoms with van der Waals surface area (Å²) in [6.45, 7) is 8.85. The summed E-state index contributed by atoms with van der Waals surface area (Å²) in [7, 11) is 0. The lowest BCUT2D eigenvalue weighted by molar-refractivity contribution is -0.146. The Kier molecular flexibility index (Phi) is 4.27. The van der Waals surface area contributed by atoms with Crippen LogP contribution >= 0.6 is 0 Å². The van der Waals surface area contributed by atoms with E-state index in [4.69, 9.17) is 0 Å². The molecular formula is C14H26F2N2. The van der Waals surface area contributed by atoms with Crippen LogP contribution in [0.15, 0.2) is 0 Å². The van der Waals surface area contributed by atoms with E-state index in [1.807, 2.05) is 4.90 Å². The molecule has 0 aliphatic carbocycles. The van der Waals surface area contributed by atoms with Crippen molar-refractivity contribution in [2.24, 2.45) is 5.92 Å². The average molecular weight is 260 g/mol. The number of likely N-dealkylation sites (tertiary alicyclic amines) is 2. The molecule has 2 saturated heterocycles. The Morgan fingerprint density at radius 1 is 1.17 bits per heavy atom. The van der Waals surface area contributed by atoms with Crippen LogP contribution in [0.1, 0.15) is 40.0 Å². The van der Waals surface area contributed by atoms with Gasteiger partial charge in [-0.15, -0.1) is 0 Å². The Balaban J connectivity index is 1.75. The van der Waals surface area contributed by atoms with E-state index in [-0.39, 0.29) is 13.1 Å². The van der Waals surface area contributed by atoms with Crippen LogP contribution in [0.3, 0.4) is 0 Å². The molecule has 2 unspecified atom stereocenters. The van der Waals surface area contributed by atoms with Gasteiger partial charge in [0.1, 0.15) is 0 Å². The van der Waals surface area contributed by atoms with E-state index in [1.54, 1.807) is 0 Å². The van der Waals surface area contributed by atoms with Crippen LogP contribution in [0.5, 0.6) is 0 Å². The first-order valence-electron chi connectivity index (χ1n) is 7.23. The van der Waals surface area contributed by atoms with Crippen molar-refractivity contribution in [3.63, 3.8) is 0 Å². The minimum absolute atomic E-state index is 0.0330. The molecule has 0 aromatic heterocycles. The van der Waals surface area contributed by atoms with Gasteiger partial charge in [0.25, 0.3) is 5.92 Å². The Labute approximate surface area is 109 Å². The average Bonchev–Trinajstić information content (AvgIpc) is 2.26. The maximum Gasteiger partial charge on any atom is 0.272 e. The highest BCUT2D eigenvalue weighted by Crippen LogP contribution is 2.31. The number of hydrogen-bond acceptors (Lipinski definition) is 2. The van der Waals surface area contributed by atoms with Gasteiger partial charge in [-0.1, -0.05) is 0 Å². The normalized spacial score (nSPS) is 31.3. The molecule has 2 rings (SSSR count). The zero-order chi connectivity index (χ0) is 13.3. The summed E-state index contributed by atoms with van der Waals surface area (Å²) in [4.78, 5) is 4.44. The molecule has 106 valence electrons. The number of alkyl halides is 2. The van der Waals surface area contributed by atoms with Gasteiger partial charge in [-0.05, 0) is 52.5 Å². The van der Waals surface area contributed by atoms with E-state index in [9.17, 15) is 8.78 Å². The Hall–Kier alpha value is -0.220. The van der Waals surface area contributed by atoms with Crippen LogP contribution in [0, 0.1) is 5.92 Å². The molecule has 0 N–H and O–H groups in total. The van der Waals surface area contributed by atoms with Gasteiger partial charge in [-0.25, -0.2) is 8.78 Å². The molecular weight excluding hydrogens is 234 g/mol. The molecule has 4 heteroatoms. The van der Waals surface area contributed by atoms with E-state index < -0.39 is 5.92 Å². The Bertz CT molecular complexity index is 273.